The van der Waals surface area contributed by atoms with Gasteiger partial charge in [0.2, 0.25) is 0 Å². The van der Waals surface area contributed by atoms with Gasteiger partial charge in [-0.2, -0.15) is 12.6 Å². The van der Waals surface area contributed by atoms with E-state index >= 15 is 0 Å². The van der Waals surface area contributed by atoms with E-state index in [9.17, 15) is 0 Å². The molecule has 1 unspecified atom stereocenters. The minimum Gasteiger partial charge on any atom is -0.396 e. The molecule has 0 spiro atoms. The highest BCUT2D eigenvalue weighted by atomic mass is 32.1. The molecule has 1 rings (SSSR count). The maximum Gasteiger partial charge on any atom is 0.0599 e. The number of morpholine rings is 1. The predicted octanol–water partition coefficient (Wildman–Crippen LogP) is 15.3. The molecule has 0 amide bonds. The summed E-state index contributed by atoms with van der Waals surface area (Å²) in [6.45, 7) is 76.0. The molecule has 1 aliphatic rings. The Morgan fingerprint density at radius 1 is 0.595 bits per heavy atom. The summed E-state index contributed by atoms with van der Waals surface area (Å²) in [4.78, 5) is 4.72. The topological polar surface area (TPSA) is 140 Å². The van der Waals surface area contributed by atoms with E-state index in [0.29, 0.717) is 39.6 Å². The first-order valence-corrected chi connectivity index (χ1v) is 31.8. The number of thiol groups is 1. The summed E-state index contributed by atoms with van der Waals surface area (Å²) in [7, 11) is 8.16. The lowest BCUT2D eigenvalue weighted by molar-refractivity contribution is -0.000219. The van der Waals surface area contributed by atoms with Gasteiger partial charge in [-0.25, -0.2) is 0 Å². The van der Waals surface area contributed by atoms with Crippen LogP contribution >= 0.6 is 12.6 Å². The number of rotatable bonds is 19. The van der Waals surface area contributed by atoms with Crippen molar-refractivity contribution in [3.8, 4) is 0 Å². The molecular weight excluding hydrogens is 999 g/mol. The molecule has 1 aliphatic heterocycles. The van der Waals surface area contributed by atoms with Crippen molar-refractivity contribution in [2.75, 3.05) is 113 Å². The maximum atomic E-state index is 9.00. The number of nitrogens with two attached hydrogens (primary N) is 1. The Kier molecular flexibility index (Phi) is 63.0. The molecule has 1 saturated heterocycles. The summed E-state index contributed by atoms with van der Waals surface area (Å²) in [6.07, 6.45) is 11.3. The molecule has 79 heavy (non-hydrogen) atoms. The van der Waals surface area contributed by atoms with Gasteiger partial charge in [-0.05, 0) is 215 Å². The van der Waals surface area contributed by atoms with E-state index in [1.54, 1.807) is 0 Å². The van der Waals surface area contributed by atoms with Crippen molar-refractivity contribution in [3.63, 3.8) is 0 Å². The zero-order valence-electron chi connectivity index (χ0n) is 60.8. The molecule has 1 atom stereocenters. The van der Waals surface area contributed by atoms with Gasteiger partial charge in [-0.3, -0.25) is 4.90 Å². The number of hydrogen-bond acceptors (Lipinski definition) is 12. The van der Waals surface area contributed by atoms with Gasteiger partial charge in [-0.1, -0.05) is 144 Å². The standard InChI is InChI=1S/C11H24N2O.C9H21NO.C9H21N.C8H18O.C8H18.C7H17NO.C6H15N.C5H12S.C4H11N/c1-11(2,3)12-5-4-6-13-7-9-14-10-8-13;1-7(2)8(6-11)10-9(3,4)5;1-9(2,3)7-6-8-10(4)5;1-8(2,3)6-4-5-7-9;1-5-6-7-8(2,3)4;1-7(2,3)9-6-5-8-4;1-6(2,3)5-7-4;1-5(2,3)4-6;1-4(2,3)5/h12H,4-10H2,1-3H3;7-8,10-11H,6H2,1-5H3;6-8H2,1-5H3;9H,4-7H2,1-3H3;5-7H2,1-4H3;8H,5-6H2,1-4H3;7H,5H2,1-4H3;6H,4H2,1-3H3;5H2,1-3H3. The molecule has 1 fully saturated rings. The van der Waals surface area contributed by atoms with Crippen molar-refractivity contribution >= 4 is 12.6 Å². The van der Waals surface area contributed by atoms with E-state index in [2.05, 4.69) is 245 Å². The molecular formula is C67H157N7O4S. The Balaban J connectivity index is -0.000000121. The highest BCUT2D eigenvalue weighted by molar-refractivity contribution is 7.80. The van der Waals surface area contributed by atoms with Crippen LogP contribution in [0, 0.1) is 33.0 Å². The molecule has 8 N–H and O–H groups in total. The first kappa shape index (κ1) is 95.3. The van der Waals surface area contributed by atoms with E-state index in [-0.39, 0.29) is 34.9 Å². The highest BCUT2D eigenvalue weighted by Gasteiger charge is 2.19. The molecule has 0 saturated carbocycles. The normalized spacial score (nSPS) is 14.0. The van der Waals surface area contributed by atoms with E-state index < -0.39 is 0 Å². The molecule has 0 aromatic heterocycles. The zero-order chi connectivity index (χ0) is 64.6. The minimum absolute atomic E-state index is 0. The zero-order valence-corrected chi connectivity index (χ0v) is 61.7. The van der Waals surface area contributed by atoms with Crippen molar-refractivity contribution in [1.82, 2.24) is 31.1 Å². The fraction of sp³-hybridized carbons (Fsp3) is 1.00. The van der Waals surface area contributed by atoms with Crippen LogP contribution < -0.4 is 27.0 Å². The van der Waals surface area contributed by atoms with Crippen LogP contribution in [0.4, 0.5) is 0 Å². The molecule has 1 heterocycles. The van der Waals surface area contributed by atoms with Crippen LogP contribution in [0.25, 0.3) is 0 Å². The average Bonchev–Trinajstić information content (AvgIpc) is 3.22. The number of aliphatic hydroxyl groups excluding tert-OH is 2. The fourth-order valence-electron chi connectivity index (χ4n) is 5.96. The third kappa shape index (κ3) is 134. The Hall–Kier alpha value is -0.0900. The SMILES string of the molecule is CC(C)(C)CCCCO.CC(C)(C)CS.CC(C)(C)N.CC(C)(C)NCCCN1CCOCC1.CC(C)C(CO)NC(C)(C)C.CCCCC(C)(C)C.CN(C)CCCC(C)(C)C.CNCC(C)(C)C.CNCCOC(C)(C)C. The van der Waals surface area contributed by atoms with Crippen LogP contribution in [0.15, 0.2) is 0 Å². The first-order valence-electron chi connectivity index (χ1n) is 31.2. The summed E-state index contributed by atoms with van der Waals surface area (Å²) in [5.74, 6) is 1.45. The average molecular weight is 1160 g/mol. The minimum atomic E-state index is 0. The van der Waals surface area contributed by atoms with E-state index in [1.807, 2.05) is 34.9 Å². The summed E-state index contributed by atoms with van der Waals surface area (Å²) in [6, 6.07) is 0.218. The second-order valence-corrected chi connectivity index (χ2v) is 32.8. The van der Waals surface area contributed by atoms with Crippen LogP contribution in [0.5, 0.6) is 0 Å². The molecule has 0 aliphatic carbocycles. The second-order valence-electron chi connectivity index (χ2n) is 32.5. The van der Waals surface area contributed by atoms with Crippen LogP contribution in [-0.2, 0) is 9.47 Å². The highest BCUT2D eigenvalue weighted by Crippen LogP contribution is 2.22. The lowest BCUT2D eigenvalue weighted by Gasteiger charge is -2.29. The van der Waals surface area contributed by atoms with Crippen molar-refractivity contribution in [3.05, 3.63) is 0 Å². The molecule has 12 heteroatoms. The number of ether oxygens (including phenoxy) is 2. The number of likely N-dealkylation sites (N-methyl/N-ethyl adjacent to an activating group) is 1. The van der Waals surface area contributed by atoms with Gasteiger partial charge in [0.05, 0.1) is 32.0 Å². The number of hydrogen-bond donors (Lipinski definition) is 8. The van der Waals surface area contributed by atoms with Crippen molar-refractivity contribution < 1.29 is 19.7 Å². The molecule has 11 nitrogen and oxygen atoms in total. The van der Waals surface area contributed by atoms with Gasteiger partial charge in [0.25, 0.3) is 0 Å². The maximum absolute atomic E-state index is 9.00. The fourth-order valence-corrected chi connectivity index (χ4v) is 5.96. The Bertz CT molecular complexity index is 1170. The molecule has 0 bridgehead atoms. The van der Waals surface area contributed by atoms with Crippen LogP contribution in [0.3, 0.4) is 0 Å². The van der Waals surface area contributed by atoms with Crippen LogP contribution in [-0.4, -0.2) is 161 Å². The Labute approximate surface area is 506 Å². The first-order chi connectivity index (χ1) is 35.2. The number of nitrogens with one attached hydrogen (secondary N) is 4. The number of nitrogens with zero attached hydrogens (tertiary/aromatic N) is 2. The third-order valence-corrected chi connectivity index (χ3v) is 11.2. The molecule has 490 valence electrons. The van der Waals surface area contributed by atoms with Gasteiger partial charge in [0.15, 0.2) is 0 Å². The van der Waals surface area contributed by atoms with Crippen molar-refractivity contribution in [2.24, 2.45) is 38.7 Å². The lowest BCUT2D eigenvalue weighted by atomic mass is 9.90. The quantitative estimate of drug-likeness (QED) is 0.0463. The van der Waals surface area contributed by atoms with E-state index in [4.69, 9.17) is 25.4 Å². The predicted molar refractivity (Wildman–Crippen MR) is 365 cm³/mol. The van der Waals surface area contributed by atoms with E-state index in [1.165, 1.54) is 58.0 Å². The van der Waals surface area contributed by atoms with Crippen LogP contribution in [0.1, 0.15) is 265 Å². The van der Waals surface area contributed by atoms with Gasteiger partial charge in [-0.15, -0.1) is 0 Å². The summed E-state index contributed by atoms with van der Waals surface area (Å²) in [5, 5.41) is 30.4. The third-order valence-electron chi connectivity index (χ3n) is 10.2. The van der Waals surface area contributed by atoms with Crippen molar-refractivity contribution in [2.45, 2.75) is 294 Å². The van der Waals surface area contributed by atoms with Gasteiger partial charge in [0.1, 0.15) is 0 Å². The monoisotopic (exact) mass is 1160 g/mol. The van der Waals surface area contributed by atoms with Crippen molar-refractivity contribution in [1.29, 1.82) is 0 Å². The number of unbranched alkanes of at least 4 members (excludes halogenated alkanes) is 2. The number of aliphatic hydroxyl groups is 2. The summed E-state index contributed by atoms with van der Waals surface area (Å²) in [5.41, 5.74) is 8.06. The molecule has 0 aromatic rings. The summed E-state index contributed by atoms with van der Waals surface area (Å²) >= 11 is 4.10. The van der Waals surface area contributed by atoms with Gasteiger partial charge >= 0.3 is 0 Å². The smallest absolute Gasteiger partial charge is 0.0599 e. The largest absolute Gasteiger partial charge is 0.396 e. The second kappa shape index (κ2) is 52.3. The van der Waals surface area contributed by atoms with Gasteiger partial charge in [0, 0.05) is 48.9 Å². The Morgan fingerprint density at radius 3 is 1.25 bits per heavy atom. The van der Waals surface area contributed by atoms with Gasteiger partial charge < -0.3 is 51.6 Å². The molecule has 0 aromatic carbocycles. The molecule has 0 radical (unpaired) electrons. The van der Waals surface area contributed by atoms with E-state index in [0.717, 1.165) is 71.1 Å². The summed E-state index contributed by atoms with van der Waals surface area (Å²) < 4.78 is 10.7. The van der Waals surface area contributed by atoms with Crippen LogP contribution in [0.2, 0.25) is 0 Å². The Morgan fingerprint density at radius 2 is 1.01 bits per heavy atom. The lowest BCUT2D eigenvalue weighted by Crippen LogP contribution is -2.48.